The van der Waals surface area contributed by atoms with Crippen LogP contribution in [0.4, 0.5) is 0 Å². The van der Waals surface area contributed by atoms with E-state index < -0.39 is 11.9 Å². The van der Waals surface area contributed by atoms with Crippen LogP contribution in [-0.2, 0) is 19.1 Å². The number of unbranched alkanes of at least 4 members (excludes halogenated alkanes) is 2. The van der Waals surface area contributed by atoms with E-state index in [-0.39, 0.29) is 5.97 Å². The molecule has 0 amide bonds. The third kappa shape index (κ3) is 4.25. The molecule has 24 heavy (non-hydrogen) atoms. The molecule has 0 bridgehead atoms. The van der Waals surface area contributed by atoms with Crippen molar-refractivity contribution in [2.24, 2.45) is 0 Å². The quantitative estimate of drug-likeness (QED) is 0.530. The molecule has 0 fully saturated rings. The van der Waals surface area contributed by atoms with Gasteiger partial charge in [0.05, 0.1) is 18.8 Å². The maximum Gasteiger partial charge on any atom is 0.335 e. The van der Waals surface area contributed by atoms with Gasteiger partial charge in [-0.05, 0) is 37.0 Å². The van der Waals surface area contributed by atoms with E-state index in [1.54, 1.807) is 6.08 Å². The van der Waals surface area contributed by atoms with Crippen LogP contribution in [0.25, 0.3) is 6.08 Å². The Balaban J connectivity index is 2.21. The van der Waals surface area contributed by atoms with E-state index in [1.165, 1.54) is 0 Å². The first-order valence-corrected chi connectivity index (χ1v) is 8.74. The molecule has 4 heteroatoms. The highest BCUT2D eigenvalue weighted by Crippen LogP contribution is 2.38. The second-order valence-corrected chi connectivity index (χ2v) is 6.18. The number of carbonyl (C=O) groups is 2. The first-order chi connectivity index (χ1) is 11.6. The van der Waals surface area contributed by atoms with Crippen molar-refractivity contribution < 1.29 is 19.1 Å². The molecular formula is C20H26O4. The Morgan fingerprint density at radius 3 is 2.38 bits per heavy atom. The van der Waals surface area contributed by atoms with Crippen LogP contribution in [0.15, 0.2) is 23.8 Å². The highest BCUT2D eigenvalue weighted by atomic mass is 16.5. The molecule has 1 atom stereocenters. The molecule has 1 aromatic rings. The smallest absolute Gasteiger partial charge is 0.335 e. The molecule has 0 spiro atoms. The van der Waals surface area contributed by atoms with Crippen molar-refractivity contribution >= 4 is 18.0 Å². The Labute approximate surface area is 143 Å². The topological polar surface area (TPSA) is 52.6 Å². The molecule has 1 aromatic carbocycles. The molecule has 0 saturated carbocycles. The van der Waals surface area contributed by atoms with Crippen molar-refractivity contribution in [3.8, 4) is 0 Å². The molecule has 1 aliphatic carbocycles. The number of esters is 2. The van der Waals surface area contributed by atoms with E-state index in [2.05, 4.69) is 0 Å². The lowest BCUT2D eigenvalue weighted by Gasteiger charge is -2.16. The van der Waals surface area contributed by atoms with Gasteiger partial charge in [0.25, 0.3) is 0 Å². The standard InChI is InChI=1S/C20H26O4/c1-4-6-10-23-19(21)17-13-15-9-8-14(3)12-16(15)18(17)20(22)24-11-7-5-2/h8-9,12-13,18H,4-7,10-11H2,1-3H3. The maximum atomic E-state index is 12.6. The molecule has 130 valence electrons. The van der Waals surface area contributed by atoms with Crippen LogP contribution in [0.3, 0.4) is 0 Å². The summed E-state index contributed by atoms with van der Waals surface area (Å²) in [6, 6.07) is 5.85. The fourth-order valence-electron chi connectivity index (χ4n) is 2.72. The zero-order chi connectivity index (χ0) is 17.5. The van der Waals surface area contributed by atoms with Crippen LogP contribution in [-0.4, -0.2) is 25.2 Å². The van der Waals surface area contributed by atoms with Crippen molar-refractivity contribution in [2.75, 3.05) is 13.2 Å². The van der Waals surface area contributed by atoms with Crippen LogP contribution in [0.1, 0.15) is 62.1 Å². The molecule has 0 radical (unpaired) electrons. The molecule has 0 aromatic heterocycles. The lowest BCUT2D eigenvalue weighted by molar-refractivity contribution is -0.147. The van der Waals surface area contributed by atoms with Gasteiger partial charge in [-0.3, -0.25) is 4.79 Å². The van der Waals surface area contributed by atoms with Gasteiger partial charge in [0.1, 0.15) is 5.92 Å². The number of fused-ring (bicyclic) bond motifs is 1. The highest BCUT2D eigenvalue weighted by Gasteiger charge is 2.37. The highest BCUT2D eigenvalue weighted by molar-refractivity contribution is 6.05. The summed E-state index contributed by atoms with van der Waals surface area (Å²) < 4.78 is 10.7. The van der Waals surface area contributed by atoms with Crippen molar-refractivity contribution in [3.63, 3.8) is 0 Å². The molecule has 2 rings (SSSR count). The number of benzene rings is 1. The van der Waals surface area contributed by atoms with Crippen molar-refractivity contribution in [2.45, 2.75) is 52.4 Å². The van der Waals surface area contributed by atoms with Gasteiger partial charge in [-0.15, -0.1) is 0 Å². The lowest BCUT2D eigenvalue weighted by atomic mass is 9.94. The number of rotatable bonds is 8. The summed E-state index contributed by atoms with van der Waals surface area (Å²) >= 11 is 0. The Bertz CT molecular complexity index is 631. The first kappa shape index (κ1) is 18.2. The molecule has 1 aliphatic rings. The average molecular weight is 330 g/mol. The van der Waals surface area contributed by atoms with Gasteiger partial charge in [0.15, 0.2) is 0 Å². The SMILES string of the molecule is CCCCOC(=O)C1=Cc2ccc(C)cc2C1C(=O)OCCCC. The average Bonchev–Trinajstić information content (AvgIpc) is 2.93. The minimum Gasteiger partial charge on any atom is -0.465 e. The van der Waals surface area contributed by atoms with Gasteiger partial charge < -0.3 is 9.47 Å². The second-order valence-electron chi connectivity index (χ2n) is 6.18. The normalized spacial score (nSPS) is 15.6. The number of hydrogen-bond acceptors (Lipinski definition) is 4. The van der Waals surface area contributed by atoms with Crippen molar-refractivity contribution in [1.82, 2.24) is 0 Å². The Morgan fingerprint density at radius 2 is 1.71 bits per heavy atom. The van der Waals surface area contributed by atoms with E-state index in [1.807, 2.05) is 39.0 Å². The van der Waals surface area contributed by atoms with E-state index in [9.17, 15) is 9.59 Å². The Hall–Kier alpha value is -2.10. The number of hydrogen-bond donors (Lipinski definition) is 0. The summed E-state index contributed by atoms with van der Waals surface area (Å²) in [7, 11) is 0. The fraction of sp³-hybridized carbons (Fsp3) is 0.500. The van der Waals surface area contributed by atoms with Crippen LogP contribution >= 0.6 is 0 Å². The number of aryl methyl sites for hydroxylation is 1. The van der Waals surface area contributed by atoms with E-state index in [0.29, 0.717) is 18.8 Å². The first-order valence-electron chi connectivity index (χ1n) is 8.74. The third-order valence-corrected chi connectivity index (χ3v) is 4.12. The van der Waals surface area contributed by atoms with Gasteiger partial charge in [-0.1, -0.05) is 50.5 Å². The largest absolute Gasteiger partial charge is 0.465 e. The van der Waals surface area contributed by atoms with Crippen molar-refractivity contribution in [3.05, 3.63) is 40.5 Å². The molecule has 0 aliphatic heterocycles. The fourth-order valence-corrected chi connectivity index (χ4v) is 2.72. The Kier molecular flexibility index (Phi) is 6.59. The van der Waals surface area contributed by atoms with Gasteiger partial charge in [-0.2, -0.15) is 0 Å². The molecule has 0 N–H and O–H groups in total. The van der Waals surface area contributed by atoms with Crippen LogP contribution < -0.4 is 0 Å². The summed E-state index contributed by atoms with van der Waals surface area (Å²) in [5.41, 5.74) is 3.15. The molecular weight excluding hydrogens is 304 g/mol. The summed E-state index contributed by atoms with van der Waals surface area (Å²) in [6.45, 7) is 6.80. The summed E-state index contributed by atoms with van der Waals surface area (Å²) in [5, 5.41) is 0. The lowest BCUT2D eigenvalue weighted by Crippen LogP contribution is -2.22. The predicted octanol–water partition coefficient (Wildman–Crippen LogP) is 4.16. The second kappa shape index (κ2) is 8.67. The molecule has 0 saturated heterocycles. The van der Waals surface area contributed by atoms with Gasteiger partial charge in [0.2, 0.25) is 0 Å². The van der Waals surface area contributed by atoms with Gasteiger partial charge in [0, 0.05) is 0 Å². The predicted molar refractivity (Wildman–Crippen MR) is 93.6 cm³/mol. The van der Waals surface area contributed by atoms with Gasteiger partial charge >= 0.3 is 11.9 Å². The van der Waals surface area contributed by atoms with Crippen LogP contribution in [0, 0.1) is 6.92 Å². The van der Waals surface area contributed by atoms with E-state index in [0.717, 1.165) is 42.4 Å². The summed E-state index contributed by atoms with van der Waals surface area (Å²) in [4.78, 5) is 25.0. The number of carbonyl (C=O) groups excluding carboxylic acids is 2. The van der Waals surface area contributed by atoms with E-state index >= 15 is 0 Å². The minimum absolute atomic E-state index is 0.369. The van der Waals surface area contributed by atoms with E-state index in [4.69, 9.17) is 9.47 Å². The Morgan fingerprint density at radius 1 is 1.04 bits per heavy atom. The van der Waals surface area contributed by atoms with Gasteiger partial charge in [-0.25, -0.2) is 4.79 Å². The summed E-state index contributed by atoms with van der Waals surface area (Å²) in [6.07, 6.45) is 5.30. The monoisotopic (exact) mass is 330 g/mol. The van der Waals surface area contributed by atoms with Crippen LogP contribution in [0.5, 0.6) is 0 Å². The molecule has 0 heterocycles. The summed E-state index contributed by atoms with van der Waals surface area (Å²) in [5.74, 6) is -1.47. The zero-order valence-corrected chi connectivity index (χ0v) is 14.8. The zero-order valence-electron chi connectivity index (χ0n) is 14.8. The van der Waals surface area contributed by atoms with Crippen LogP contribution in [0.2, 0.25) is 0 Å². The minimum atomic E-state index is -0.675. The molecule has 4 nitrogen and oxygen atoms in total. The van der Waals surface area contributed by atoms with Crippen molar-refractivity contribution in [1.29, 1.82) is 0 Å². The molecule has 1 unspecified atom stereocenters. The third-order valence-electron chi connectivity index (χ3n) is 4.12. The maximum absolute atomic E-state index is 12.6. The number of ether oxygens (including phenoxy) is 2.